The van der Waals surface area contributed by atoms with Gasteiger partial charge in [-0.25, -0.2) is 4.79 Å². The molecule has 2 aromatic heterocycles. The number of aliphatic hydroxyl groups excluding tert-OH is 1. The van der Waals surface area contributed by atoms with E-state index >= 15 is 0 Å². The third-order valence-corrected chi connectivity index (χ3v) is 6.28. The summed E-state index contributed by atoms with van der Waals surface area (Å²) in [6.45, 7) is 5.15. The SMILES string of the molecule is Cc1cnc(CN(Cc2ccc(C(=O)O)cc2CO)C2CCCc3cccnc32)c(C)c1. The molecule has 0 spiro atoms. The van der Waals surface area contributed by atoms with Crippen molar-refractivity contribution in [3.05, 3.63) is 93.6 Å². The Labute approximate surface area is 188 Å². The van der Waals surface area contributed by atoms with E-state index in [9.17, 15) is 15.0 Å². The Morgan fingerprint density at radius 3 is 2.72 bits per heavy atom. The lowest BCUT2D eigenvalue weighted by molar-refractivity contribution is 0.0696. The molecule has 6 nitrogen and oxygen atoms in total. The van der Waals surface area contributed by atoms with Gasteiger partial charge in [-0.1, -0.05) is 18.2 Å². The van der Waals surface area contributed by atoms with Crippen LogP contribution in [0.15, 0.2) is 48.8 Å². The van der Waals surface area contributed by atoms with E-state index in [1.807, 2.05) is 31.5 Å². The number of aliphatic hydroxyl groups is 1. The first-order valence-electron chi connectivity index (χ1n) is 11.0. The molecule has 32 heavy (non-hydrogen) atoms. The van der Waals surface area contributed by atoms with Gasteiger partial charge in [0.15, 0.2) is 0 Å². The van der Waals surface area contributed by atoms with Crippen molar-refractivity contribution in [2.45, 2.75) is 58.8 Å². The normalized spacial score (nSPS) is 15.6. The number of carboxylic acid groups (broad SMARTS) is 1. The Balaban J connectivity index is 1.72. The predicted octanol–water partition coefficient (Wildman–Crippen LogP) is 4.36. The number of carbonyl (C=O) groups is 1. The topological polar surface area (TPSA) is 86.6 Å². The number of aromatic carboxylic acids is 1. The highest BCUT2D eigenvalue weighted by atomic mass is 16.4. The Hall–Kier alpha value is -3.09. The van der Waals surface area contributed by atoms with Gasteiger partial charge in [0.25, 0.3) is 0 Å². The molecule has 1 aliphatic rings. The van der Waals surface area contributed by atoms with Gasteiger partial charge in [0.05, 0.1) is 29.6 Å². The minimum Gasteiger partial charge on any atom is -0.478 e. The molecule has 6 heteroatoms. The van der Waals surface area contributed by atoms with Crippen LogP contribution in [-0.4, -0.2) is 31.1 Å². The van der Waals surface area contributed by atoms with E-state index < -0.39 is 5.97 Å². The summed E-state index contributed by atoms with van der Waals surface area (Å²) < 4.78 is 0. The molecule has 0 saturated heterocycles. The van der Waals surface area contributed by atoms with Gasteiger partial charge >= 0.3 is 5.97 Å². The van der Waals surface area contributed by atoms with Crippen molar-refractivity contribution < 1.29 is 15.0 Å². The Bertz CT molecular complexity index is 1130. The molecule has 1 unspecified atom stereocenters. The van der Waals surface area contributed by atoms with Crippen LogP contribution in [-0.2, 0) is 26.1 Å². The molecule has 0 fully saturated rings. The molecule has 1 atom stereocenters. The number of pyridine rings is 2. The highest BCUT2D eigenvalue weighted by Crippen LogP contribution is 2.35. The summed E-state index contributed by atoms with van der Waals surface area (Å²) >= 11 is 0. The number of fused-ring (bicyclic) bond motifs is 1. The van der Waals surface area contributed by atoms with E-state index in [2.05, 4.69) is 24.0 Å². The van der Waals surface area contributed by atoms with E-state index in [0.717, 1.165) is 47.3 Å². The maximum absolute atomic E-state index is 11.4. The van der Waals surface area contributed by atoms with Crippen LogP contribution in [0, 0.1) is 13.8 Å². The summed E-state index contributed by atoms with van der Waals surface area (Å²) in [6.07, 6.45) is 6.87. The van der Waals surface area contributed by atoms with Gasteiger partial charge in [-0.3, -0.25) is 14.9 Å². The smallest absolute Gasteiger partial charge is 0.335 e. The van der Waals surface area contributed by atoms with Crippen LogP contribution < -0.4 is 0 Å². The third-order valence-electron chi connectivity index (χ3n) is 6.28. The van der Waals surface area contributed by atoms with E-state index in [-0.39, 0.29) is 18.2 Å². The van der Waals surface area contributed by atoms with Crippen molar-refractivity contribution in [2.24, 2.45) is 0 Å². The van der Waals surface area contributed by atoms with Crippen LogP contribution in [0.5, 0.6) is 0 Å². The number of rotatable bonds is 7. The maximum atomic E-state index is 11.4. The zero-order chi connectivity index (χ0) is 22.7. The molecular weight excluding hydrogens is 402 g/mol. The molecule has 2 heterocycles. The molecule has 1 aromatic carbocycles. The molecule has 3 aromatic rings. The van der Waals surface area contributed by atoms with Gasteiger partial charge in [0, 0.05) is 25.5 Å². The van der Waals surface area contributed by atoms with Crippen molar-refractivity contribution in [1.82, 2.24) is 14.9 Å². The quantitative estimate of drug-likeness (QED) is 0.578. The molecule has 1 aliphatic carbocycles. The van der Waals surface area contributed by atoms with Crippen molar-refractivity contribution in [1.29, 1.82) is 0 Å². The molecule has 0 radical (unpaired) electrons. The Morgan fingerprint density at radius 1 is 1.12 bits per heavy atom. The summed E-state index contributed by atoms with van der Waals surface area (Å²) in [4.78, 5) is 23.2. The van der Waals surface area contributed by atoms with Gasteiger partial charge < -0.3 is 10.2 Å². The maximum Gasteiger partial charge on any atom is 0.335 e. The Morgan fingerprint density at radius 2 is 1.97 bits per heavy atom. The molecular formula is C26H29N3O3. The van der Waals surface area contributed by atoms with E-state index in [1.165, 1.54) is 5.56 Å². The molecule has 0 amide bonds. The van der Waals surface area contributed by atoms with Gasteiger partial charge in [-0.2, -0.15) is 0 Å². The fourth-order valence-corrected chi connectivity index (χ4v) is 4.60. The number of aromatic nitrogens is 2. The second-order valence-corrected chi connectivity index (χ2v) is 8.58. The van der Waals surface area contributed by atoms with Crippen molar-refractivity contribution in [3.63, 3.8) is 0 Å². The van der Waals surface area contributed by atoms with Crippen molar-refractivity contribution in [2.75, 3.05) is 0 Å². The van der Waals surface area contributed by atoms with Crippen LogP contribution in [0.25, 0.3) is 0 Å². The zero-order valence-electron chi connectivity index (χ0n) is 18.6. The number of aryl methyl sites for hydroxylation is 3. The zero-order valence-corrected chi connectivity index (χ0v) is 18.6. The second-order valence-electron chi connectivity index (χ2n) is 8.58. The van der Waals surface area contributed by atoms with E-state index in [4.69, 9.17) is 9.97 Å². The fraction of sp³-hybridized carbons (Fsp3) is 0.346. The molecule has 166 valence electrons. The molecule has 0 saturated carbocycles. The number of hydrogen-bond acceptors (Lipinski definition) is 5. The average molecular weight is 432 g/mol. The first kappa shape index (κ1) is 22.1. The minimum atomic E-state index is -0.993. The molecule has 4 rings (SSSR count). The number of carboxylic acids is 1. The molecule has 0 aliphatic heterocycles. The van der Waals surface area contributed by atoms with Gasteiger partial charge in [0.2, 0.25) is 0 Å². The van der Waals surface area contributed by atoms with Crippen molar-refractivity contribution >= 4 is 5.97 Å². The van der Waals surface area contributed by atoms with Crippen molar-refractivity contribution in [3.8, 4) is 0 Å². The standard InChI is InChI=1S/C26H29N3O3/c1-17-11-18(2)23(28-13-17)15-29(24-7-3-5-19-6-4-10-27-25(19)24)14-21-9-8-20(26(31)32)12-22(21)16-30/h4,6,8-13,24,30H,3,5,7,14-16H2,1-2H3,(H,31,32). The first-order valence-corrected chi connectivity index (χ1v) is 11.0. The van der Waals surface area contributed by atoms with E-state index in [0.29, 0.717) is 18.7 Å². The minimum absolute atomic E-state index is 0.133. The number of nitrogens with zero attached hydrogens (tertiary/aromatic N) is 3. The van der Waals surface area contributed by atoms with Gasteiger partial charge in [-0.05, 0) is 79.1 Å². The summed E-state index contributed by atoms with van der Waals surface area (Å²) in [6, 6.07) is 11.4. The lowest BCUT2D eigenvalue weighted by atomic mass is 9.90. The predicted molar refractivity (Wildman–Crippen MR) is 122 cm³/mol. The van der Waals surface area contributed by atoms with Crippen LogP contribution in [0.4, 0.5) is 0 Å². The third kappa shape index (κ3) is 4.71. The highest BCUT2D eigenvalue weighted by Gasteiger charge is 2.28. The fourth-order valence-electron chi connectivity index (χ4n) is 4.60. The number of hydrogen-bond donors (Lipinski definition) is 2. The second kappa shape index (κ2) is 9.59. The van der Waals surface area contributed by atoms with Gasteiger partial charge in [-0.15, -0.1) is 0 Å². The average Bonchev–Trinajstić information content (AvgIpc) is 2.80. The summed E-state index contributed by atoms with van der Waals surface area (Å²) in [5.41, 5.74) is 7.44. The van der Waals surface area contributed by atoms with Gasteiger partial charge in [0.1, 0.15) is 0 Å². The lowest BCUT2D eigenvalue weighted by Crippen LogP contribution is -2.32. The largest absolute Gasteiger partial charge is 0.478 e. The number of benzene rings is 1. The lowest BCUT2D eigenvalue weighted by Gasteiger charge is -2.35. The monoisotopic (exact) mass is 431 g/mol. The van der Waals surface area contributed by atoms with Crippen LogP contribution in [0.1, 0.15) is 68.4 Å². The summed E-state index contributed by atoms with van der Waals surface area (Å²) in [5, 5.41) is 19.3. The van der Waals surface area contributed by atoms with Crippen LogP contribution >= 0.6 is 0 Å². The van der Waals surface area contributed by atoms with Crippen LogP contribution in [0.3, 0.4) is 0 Å². The summed E-state index contributed by atoms with van der Waals surface area (Å²) in [7, 11) is 0. The first-order chi connectivity index (χ1) is 15.5. The molecule has 0 bridgehead atoms. The van der Waals surface area contributed by atoms with Crippen LogP contribution in [0.2, 0.25) is 0 Å². The highest BCUT2D eigenvalue weighted by molar-refractivity contribution is 5.87. The Kier molecular flexibility index (Phi) is 6.63. The molecule has 2 N–H and O–H groups in total. The van der Waals surface area contributed by atoms with E-state index in [1.54, 1.807) is 12.1 Å². The summed E-state index contributed by atoms with van der Waals surface area (Å²) in [5.74, 6) is -0.993.